The van der Waals surface area contributed by atoms with Crippen molar-refractivity contribution in [2.45, 2.75) is 33.1 Å². The zero-order valence-corrected chi connectivity index (χ0v) is 17.7. The zero-order valence-electron chi connectivity index (χ0n) is 16.9. The van der Waals surface area contributed by atoms with Gasteiger partial charge in [0.15, 0.2) is 5.13 Å². The Kier molecular flexibility index (Phi) is 5.72. The molecule has 7 heteroatoms. The molecule has 1 aliphatic rings. The van der Waals surface area contributed by atoms with Crippen LogP contribution in [0, 0.1) is 13.8 Å². The first-order valence-electron chi connectivity index (χ1n) is 9.76. The van der Waals surface area contributed by atoms with E-state index in [0.29, 0.717) is 23.0 Å². The smallest absolute Gasteiger partial charge is 0.273 e. The lowest BCUT2D eigenvalue weighted by atomic mass is 10.1. The van der Waals surface area contributed by atoms with E-state index >= 15 is 0 Å². The first kappa shape index (κ1) is 20.0. The highest BCUT2D eigenvalue weighted by Gasteiger charge is 2.26. The number of nitrogens with zero attached hydrogens (tertiary/aromatic N) is 3. The molecule has 3 aromatic rings. The van der Waals surface area contributed by atoms with Gasteiger partial charge < -0.3 is 0 Å². The Morgan fingerprint density at radius 1 is 1.10 bits per heavy atom. The summed E-state index contributed by atoms with van der Waals surface area (Å²) in [5, 5.41) is 8.99. The minimum absolute atomic E-state index is 0.119. The molecule has 0 spiro atoms. The number of carbonyl (C=O) groups is 2. The van der Waals surface area contributed by atoms with Crippen LogP contribution in [0.15, 0.2) is 59.8 Å². The predicted molar refractivity (Wildman–Crippen MR) is 120 cm³/mol. The van der Waals surface area contributed by atoms with Crippen LogP contribution in [0.4, 0.5) is 10.8 Å². The maximum atomic E-state index is 12.7. The lowest BCUT2D eigenvalue weighted by Gasteiger charge is -2.23. The summed E-state index contributed by atoms with van der Waals surface area (Å²) in [5.74, 6) is -0.442. The fourth-order valence-electron chi connectivity index (χ4n) is 3.20. The molecule has 1 aromatic heterocycles. The number of rotatable bonds is 5. The summed E-state index contributed by atoms with van der Waals surface area (Å²) in [6.07, 6.45) is 3.11. The fourth-order valence-corrected chi connectivity index (χ4v) is 4.04. The minimum atomic E-state index is -0.323. The topological polar surface area (TPSA) is 74.7 Å². The predicted octanol–water partition coefficient (Wildman–Crippen LogP) is 4.47. The second-order valence-corrected chi connectivity index (χ2v) is 8.45. The molecule has 0 aliphatic carbocycles. The van der Waals surface area contributed by atoms with Gasteiger partial charge >= 0.3 is 0 Å². The highest BCUT2D eigenvalue weighted by Crippen LogP contribution is 2.24. The molecule has 2 aromatic carbocycles. The first-order valence-corrected chi connectivity index (χ1v) is 10.6. The van der Waals surface area contributed by atoms with Crippen molar-refractivity contribution in [1.29, 1.82) is 0 Å². The van der Waals surface area contributed by atoms with Crippen molar-refractivity contribution in [3.63, 3.8) is 0 Å². The summed E-state index contributed by atoms with van der Waals surface area (Å²) >= 11 is 1.45. The number of carbonyl (C=O) groups excluding carboxylic acids is 2. The van der Waals surface area contributed by atoms with E-state index in [2.05, 4.69) is 46.6 Å². The number of amides is 2. The molecule has 2 amide bonds. The van der Waals surface area contributed by atoms with Crippen molar-refractivity contribution >= 4 is 39.7 Å². The Labute approximate surface area is 179 Å². The van der Waals surface area contributed by atoms with E-state index in [0.717, 1.165) is 16.9 Å². The molecular formula is C23H22N4O2S. The Morgan fingerprint density at radius 3 is 2.67 bits per heavy atom. The summed E-state index contributed by atoms with van der Waals surface area (Å²) < 4.78 is 0. The van der Waals surface area contributed by atoms with Crippen molar-refractivity contribution in [2.75, 3.05) is 10.3 Å². The average Bonchev–Trinajstić information content (AvgIpc) is 3.16. The van der Waals surface area contributed by atoms with Gasteiger partial charge in [0.25, 0.3) is 5.91 Å². The Balaban J connectivity index is 1.45. The largest absolute Gasteiger partial charge is 0.297 e. The van der Waals surface area contributed by atoms with Gasteiger partial charge in [-0.3, -0.25) is 14.9 Å². The van der Waals surface area contributed by atoms with E-state index in [1.54, 1.807) is 6.20 Å². The number of hydrazone groups is 1. The van der Waals surface area contributed by atoms with E-state index in [9.17, 15) is 9.59 Å². The summed E-state index contributed by atoms with van der Waals surface area (Å²) in [4.78, 5) is 30.4. The lowest BCUT2D eigenvalue weighted by molar-refractivity contribution is -0.118. The standard InChI is InChI=1S/C23H22N4O2S/c1-15-6-8-17(9-7-15)13-19-14-24-23(30-19)25-22(29)20-10-11-21(28)27(26-20)18-5-3-4-16(2)12-18/h3-9,12,14H,10-11,13H2,1-2H3,(H,24,25,29). The molecule has 1 N–H and O–H groups in total. The molecule has 0 saturated carbocycles. The third kappa shape index (κ3) is 4.63. The third-order valence-electron chi connectivity index (χ3n) is 4.81. The molecule has 0 unspecified atom stereocenters. The van der Waals surface area contributed by atoms with Crippen molar-refractivity contribution in [3.05, 3.63) is 76.3 Å². The average molecular weight is 419 g/mol. The minimum Gasteiger partial charge on any atom is -0.297 e. The van der Waals surface area contributed by atoms with Gasteiger partial charge in [0.1, 0.15) is 5.71 Å². The lowest BCUT2D eigenvalue weighted by Crippen LogP contribution is -2.36. The number of aryl methyl sites for hydroxylation is 2. The van der Waals surface area contributed by atoms with Crippen molar-refractivity contribution in [2.24, 2.45) is 5.10 Å². The van der Waals surface area contributed by atoms with E-state index < -0.39 is 0 Å². The van der Waals surface area contributed by atoms with Crippen LogP contribution in [0.25, 0.3) is 0 Å². The highest BCUT2D eigenvalue weighted by molar-refractivity contribution is 7.15. The van der Waals surface area contributed by atoms with Gasteiger partial charge in [0.05, 0.1) is 5.69 Å². The molecule has 0 saturated heterocycles. The van der Waals surface area contributed by atoms with Gasteiger partial charge in [-0.1, -0.05) is 42.0 Å². The van der Waals surface area contributed by atoms with Crippen LogP contribution >= 0.6 is 11.3 Å². The van der Waals surface area contributed by atoms with Gasteiger partial charge in [-0.15, -0.1) is 11.3 Å². The second-order valence-electron chi connectivity index (χ2n) is 7.34. The van der Waals surface area contributed by atoms with Crippen LogP contribution in [0.5, 0.6) is 0 Å². The summed E-state index contributed by atoms with van der Waals surface area (Å²) in [6.45, 7) is 4.01. The van der Waals surface area contributed by atoms with Crippen LogP contribution in [0.1, 0.15) is 34.4 Å². The summed E-state index contributed by atoms with van der Waals surface area (Å²) in [6, 6.07) is 15.9. The summed E-state index contributed by atoms with van der Waals surface area (Å²) in [7, 11) is 0. The maximum absolute atomic E-state index is 12.7. The zero-order chi connectivity index (χ0) is 21.1. The number of aromatic nitrogens is 1. The molecule has 0 bridgehead atoms. The Bertz CT molecular complexity index is 1120. The normalized spacial score (nSPS) is 13.9. The van der Waals surface area contributed by atoms with Gasteiger partial charge in [0.2, 0.25) is 5.91 Å². The molecule has 4 rings (SSSR count). The van der Waals surface area contributed by atoms with Crippen LogP contribution in [-0.2, 0) is 16.0 Å². The van der Waals surface area contributed by atoms with E-state index in [-0.39, 0.29) is 18.2 Å². The van der Waals surface area contributed by atoms with Crippen molar-refractivity contribution < 1.29 is 9.59 Å². The molecular weight excluding hydrogens is 396 g/mol. The van der Waals surface area contributed by atoms with Gasteiger partial charge in [-0.05, 0) is 37.1 Å². The highest BCUT2D eigenvalue weighted by atomic mass is 32.1. The molecule has 6 nitrogen and oxygen atoms in total. The first-order chi connectivity index (χ1) is 14.5. The SMILES string of the molecule is Cc1ccc(Cc2cnc(NC(=O)C3=NN(c4cccc(C)c4)C(=O)CC3)s2)cc1. The fraction of sp³-hybridized carbons (Fsp3) is 0.217. The second kappa shape index (κ2) is 8.59. The molecule has 0 radical (unpaired) electrons. The van der Waals surface area contributed by atoms with Crippen molar-refractivity contribution in [1.82, 2.24) is 4.98 Å². The Morgan fingerprint density at radius 2 is 1.90 bits per heavy atom. The number of hydrogen-bond donors (Lipinski definition) is 1. The monoisotopic (exact) mass is 418 g/mol. The molecule has 30 heavy (non-hydrogen) atoms. The molecule has 0 atom stereocenters. The van der Waals surface area contributed by atoms with Gasteiger partial charge in [-0.2, -0.15) is 5.10 Å². The van der Waals surface area contributed by atoms with E-state index in [1.807, 2.05) is 31.2 Å². The van der Waals surface area contributed by atoms with Crippen LogP contribution in [0.3, 0.4) is 0 Å². The number of nitrogens with one attached hydrogen (secondary N) is 1. The van der Waals surface area contributed by atoms with Gasteiger partial charge in [0, 0.05) is 30.3 Å². The molecule has 152 valence electrons. The van der Waals surface area contributed by atoms with Gasteiger partial charge in [-0.25, -0.2) is 9.99 Å². The quantitative estimate of drug-likeness (QED) is 0.664. The number of anilines is 2. The van der Waals surface area contributed by atoms with E-state index in [1.165, 1.54) is 27.5 Å². The Hall–Kier alpha value is -3.32. The number of thiazole rings is 1. The molecule has 2 heterocycles. The molecule has 0 fully saturated rings. The van der Waals surface area contributed by atoms with E-state index in [4.69, 9.17) is 0 Å². The van der Waals surface area contributed by atoms with Crippen LogP contribution < -0.4 is 10.3 Å². The number of benzene rings is 2. The van der Waals surface area contributed by atoms with Crippen molar-refractivity contribution in [3.8, 4) is 0 Å². The molecule has 1 aliphatic heterocycles. The third-order valence-corrected chi connectivity index (χ3v) is 5.73. The van der Waals surface area contributed by atoms with Crippen LogP contribution in [0.2, 0.25) is 0 Å². The van der Waals surface area contributed by atoms with Crippen LogP contribution in [-0.4, -0.2) is 22.5 Å². The number of hydrogen-bond acceptors (Lipinski definition) is 5. The maximum Gasteiger partial charge on any atom is 0.273 e. The summed E-state index contributed by atoms with van der Waals surface area (Å²) in [5.41, 5.74) is 4.44.